The molecule has 0 amide bonds. The van der Waals surface area contributed by atoms with Gasteiger partial charge < -0.3 is 9.84 Å². The van der Waals surface area contributed by atoms with E-state index in [1.54, 1.807) is 30.3 Å². The van der Waals surface area contributed by atoms with Gasteiger partial charge in [0.2, 0.25) is 0 Å². The number of aliphatic hydroxyl groups excluding tert-OH is 1. The van der Waals surface area contributed by atoms with Crippen molar-refractivity contribution in [3.8, 4) is 5.75 Å². The van der Waals surface area contributed by atoms with E-state index in [0.29, 0.717) is 16.1 Å². The molecule has 0 fully saturated rings. The zero-order chi connectivity index (χ0) is 14.7. The van der Waals surface area contributed by atoms with Crippen molar-refractivity contribution in [2.24, 2.45) is 0 Å². The number of halogens is 3. The van der Waals surface area contributed by atoms with Crippen LogP contribution in [0.1, 0.15) is 17.2 Å². The van der Waals surface area contributed by atoms with Crippen LogP contribution in [0.4, 0.5) is 4.39 Å². The Bertz CT molecular complexity index is 619. The number of benzene rings is 2. The third-order valence-electron chi connectivity index (χ3n) is 2.96. The topological polar surface area (TPSA) is 29.5 Å². The van der Waals surface area contributed by atoms with Crippen LogP contribution in [0.5, 0.6) is 5.75 Å². The maximum absolute atomic E-state index is 13.6. The second-order valence-electron chi connectivity index (χ2n) is 4.35. The quantitative estimate of drug-likeness (QED) is 0.869. The summed E-state index contributed by atoms with van der Waals surface area (Å²) in [4.78, 5) is 0. The molecule has 0 aromatic heterocycles. The van der Waals surface area contributed by atoms with E-state index in [0.717, 1.165) is 4.47 Å². The molecule has 0 aliphatic heterocycles. The van der Waals surface area contributed by atoms with E-state index in [1.165, 1.54) is 13.2 Å². The highest BCUT2D eigenvalue weighted by Crippen LogP contribution is 2.29. The molecule has 1 atom stereocenters. The van der Waals surface area contributed by atoms with Gasteiger partial charge in [0.25, 0.3) is 0 Å². The van der Waals surface area contributed by atoms with Crippen LogP contribution in [-0.2, 0) is 6.42 Å². The Balaban J connectivity index is 2.21. The molecule has 0 saturated carbocycles. The summed E-state index contributed by atoms with van der Waals surface area (Å²) < 4.78 is 19.3. The van der Waals surface area contributed by atoms with Crippen LogP contribution in [-0.4, -0.2) is 12.2 Å². The molecule has 2 aromatic rings. The molecule has 106 valence electrons. The van der Waals surface area contributed by atoms with Crippen molar-refractivity contribution in [2.75, 3.05) is 7.11 Å². The molecule has 0 aliphatic carbocycles. The van der Waals surface area contributed by atoms with Crippen LogP contribution >= 0.6 is 27.5 Å². The first-order valence-corrected chi connectivity index (χ1v) is 7.14. The molecule has 2 aromatic carbocycles. The van der Waals surface area contributed by atoms with Gasteiger partial charge in [-0.05, 0) is 35.9 Å². The molecule has 0 heterocycles. The minimum atomic E-state index is -0.798. The summed E-state index contributed by atoms with van der Waals surface area (Å²) in [5, 5.41) is 10.7. The van der Waals surface area contributed by atoms with Gasteiger partial charge in [0.05, 0.1) is 13.2 Å². The van der Waals surface area contributed by atoms with Crippen LogP contribution in [0, 0.1) is 5.82 Å². The Kier molecular flexibility index (Phi) is 5.02. The predicted molar refractivity (Wildman–Crippen MR) is 80.8 cm³/mol. The molecule has 0 saturated heterocycles. The van der Waals surface area contributed by atoms with Crippen LogP contribution < -0.4 is 4.74 Å². The zero-order valence-corrected chi connectivity index (χ0v) is 13.1. The summed E-state index contributed by atoms with van der Waals surface area (Å²) in [6, 6.07) is 9.88. The van der Waals surface area contributed by atoms with Gasteiger partial charge >= 0.3 is 0 Å². The summed E-state index contributed by atoms with van der Waals surface area (Å²) in [5.41, 5.74) is 1.28. The van der Waals surface area contributed by atoms with E-state index >= 15 is 0 Å². The molecule has 20 heavy (non-hydrogen) atoms. The zero-order valence-electron chi connectivity index (χ0n) is 10.7. The van der Waals surface area contributed by atoms with Crippen molar-refractivity contribution in [3.63, 3.8) is 0 Å². The highest BCUT2D eigenvalue weighted by atomic mass is 79.9. The summed E-state index contributed by atoms with van der Waals surface area (Å²) in [7, 11) is 1.41. The van der Waals surface area contributed by atoms with Gasteiger partial charge in [-0.3, -0.25) is 0 Å². The maximum atomic E-state index is 13.6. The van der Waals surface area contributed by atoms with E-state index in [9.17, 15) is 9.50 Å². The minimum Gasteiger partial charge on any atom is -0.494 e. The first-order chi connectivity index (χ1) is 9.51. The van der Waals surface area contributed by atoms with Crippen LogP contribution in [0.15, 0.2) is 40.9 Å². The Labute approximate surface area is 130 Å². The van der Waals surface area contributed by atoms with E-state index < -0.39 is 11.9 Å². The smallest absolute Gasteiger partial charge is 0.165 e. The Morgan fingerprint density at radius 2 is 2.05 bits per heavy atom. The van der Waals surface area contributed by atoms with Crippen molar-refractivity contribution < 1.29 is 14.2 Å². The lowest BCUT2D eigenvalue weighted by molar-refractivity contribution is 0.178. The molecule has 0 spiro atoms. The molecule has 1 unspecified atom stereocenters. The Morgan fingerprint density at radius 3 is 2.70 bits per heavy atom. The minimum absolute atomic E-state index is 0.184. The van der Waals surface area contributed by atoms with Crippen molar-refractivity contribution in [1.29, 1.82) is 0 Å². The molecule has 2 rings (SSSR count). The predicted octanol–water partition coefficient (Wildman–Crippen LogP) is 4.53. The fraction of sp³-hybridized carbons (Fsp3) is 0.200. The normalized spacial score (nSPS) is 12.2. The van der Waals surface area contributed by atoms with Gasteiger partial charge in [0.15, 0.2) is 11.6 Å². The lowest BCUT2D eigenvalue weighted by Crippen LogP contribution is -2.03. The molecule has 1 N–H and O–H groups in total. The lowest BCUT2D eigenvalue weighted by atomic mass is 10.0. The van der Waals surface area contributed by atoms with E-state index in [1.807, 2.05) is 0 Å². The average Bonchev–Trinajstić information content (AvgIpc) is 2.41. The second-order valence-corrected chi connectivity index (χ2v) is 5.68. The van der Waals surface area contributed by atoms with Gasteiger partial charge in [-0.15, -0.1) is 0 Å². The van der Waals surface area contributed by atoms with E-state index in [4.69, 9.17) is 16.3 Å². The molecule has 5 heteroatoms. The summed E-state index contributed by atoms with van der Waals surface area (Å²) >= 11 is 9.40. The third-order valence-corrected chi connectivity index (χ3v) is 3.80. The highest BCUT2D eigenvalue weighted by Gasteiger charge is 2.14. The monoisotopic (exact) mass is 358 g/mol. The molecular formula is C15H13BrClFO2. The molecular weight excluding hydrogens is 347 g/mol. The molecule has 0 radical (unpaired) electrons. The Hall–Kier alpha value is -1.10. The van der Waals surface area contributed by atoms with Crippen molar-refractivity contribution in [2.45, 2.75) is 12.5 Å². The van der Waals surface area contributed by atoms with Crippen LogP contribution in [0.25, 0.3) is 0 Å². The Morgan fingerprint density at radius 1 is 1.30 bits per heavy atom. The van der Waals surface area contributed by atoms with Gasteiger partial charge in [-0.2, -0.15) is 0 Å². The lowest BCUT2D eigenvalue weighted by Gasteiger charge is -2.14. The summed E-state index contributed by atoms with van der Waals surface area (Å²) in [6.45, 7) is 0. The summed E-state index contributed by atoms with van der Waals surface area (Å²) in [6.07, 6.45) is -0.523. The van der Waals surface area contributed by atoms with Gasteiger partial charge in [-0.25, -0.2) is 4.39 Å². The molecule has 0 bridgehead atoms. The largest absolute Gasteiger partial charge is 0.494 e. The average molecular weight is 360 g/mol. The van der Waals surface area contributed by atoms with Crippen LogP contribution in [0.2, 0.25) is 5.02 Å². The fourth-order valence-corrected chi connectivity index (χ4v) is 2.56. The highest BCUT2D eigenvalue weighted by molar-refractivity contribution is 9.10. The number of hydrogen-bond acceptors (Lipinski definition) is 2. The van der Waals surface area contributed by atoms with E-state index in [2.05, 4.69) is 15.9 Å². The number of rotatable bonds is 4. The standard InChI is InChI=1S/C15H13BrClFO2/c1-20-15-5-2-9(6-13(15)18)7-14(19)11-8-10(16)3-4-12(11)17/h2-6,8,14,19H,7H2,1H3. The van der Waals surface area contributed by atoms with Crippen molar-refractivity contribution >= 4 is 27.5 Å². The number of ether oxygens (including phenoxy) is 1. The van der Waals surface area contributed by atoms with Gasteiger partial charge in [0.1, 0.15) is 0 Å². The number of hydrogen-bond donors (Lipinski definition) is 1. The number of aliphatic hydroxyl groups is 1. The third kappa shape index (κ3) is 3.51. The molecule has 0 aliphatic rings. The van der Waals surface area contributed by atoms with E-state index in [-0.39, 0.29) is 12.2 Å². The second kappa shape index (κ2) is 6.57. The maximum Gasteiger partial charge on any atom is 0.165 e. The van der Waals surface area contributed by atoms with Crippen molar-refractivity contribution in [3.05, 3.63) is 62.8 Å². The SMILES string of the molecule is COc1ccc(CC(O)c2cc(Br)ccc2Cl)cc1F. The fourth-order valence-electron chi connectivity index (χ4n) is 1.94. The summed E-state index contributed by atoms with van der Waals surface area (Å²) in [5.74, 6) is -0.263. The first kappa shape index (κ1) is 15.3. The van der Waals surface area contributed by atoms with Crippen molar-refractivity contribution in [1.82, 2.24) is 0 Å². The first-order valence-electron chi connectivity index (χ1n) is 5.96. The van der Waals surface area contributed by atoms with Crippen LogP contribution in [0.3, 0.4) is 0 Å². The van der Waals surface area contributed by atoms with Gasteiger partial charge in [-0.1, -0.05) is 33.6 Å². The van der Waals surface area contributed by atoms with Gasteiger partial charge in [0, 0.05) is 21.5 Å². The molecule has 2 nitrogen and oxygen atoms in total. The number of methoxy groups -OCH3 is 1.